The van der Waals surface area contributed by atoms with Crippen LogP contribution >= 0.6 is 0 Å². The second kappa shape index (κ2) is 14.6. The largest absolute Gasteiger partial charge is 0.508 e. The van der Waals surface area contributed by atoms with E-state index in [2.05, 4.69) is 31.2 Å². The highest BCUT2D eigenvalue weighted by atomic mass is 16.3. The summed E-state index contributed by atoms with van der Waals surface area (Å²) in [5, 5.41) is 66.3. The molecule has 0 aromatic heterocycles. The summed E-state index contributed by atoms with van der Waals surface area (Å²) in [5.41, 5.74) is 12.4. The summed E-state index contributed by atoms with van der Waals surface area (Å²) in [5.74, 6) is 2.16. The summed E-state index contributed by atoms with van der Waals surface area (Å²) in [6.07, 6.45) is 5.37. The first-order valence-electron chi connectivity index (χ1n) is 21.8. The molecule has 0 aliphatic heterocycles. The van der Waals surface area contributed by atoms with Gasteiger partial charge in [-0.3, -0.25) is 0 Å². The maximum Gasteiger partial charge on any atom is 0.122 e. The minimum atomic E-state index is -0.346. The van der Waals surface area contributed by atoms with Crippen molar-refractivity contribution in [1.82, 2.24) is 0 Å². The van der Waals surface area contributed by atoms with E-state index in [1.54, 1.807) is 24.3 Å². The van der Waals surface area contributed by atoms with Crippen LogP contribution in [0, 0.1) is 59.3 Å². The van der Waals surface area contributed by atoms with Gasteiger partial charge in [0.05, 0.1) is 0 Å². The Balaban J connectivity index is 1.20. The molecule has 6 nitrogen and oxygen atoms in total. The molecule has 0 saturated heterocycles. The van der Waals surface area contributed by atoms with Gasteiger partial charge in [0.25, 0.3) is 0 Å². The van der Waals surface area contributed by atoms with Gasteiger partial charge in [0.1, 0.15) is 34.5 Å². The molecule has 5 atom stereocenters. The lowest BCUT2D eigenvalue weighted by Gasteiger charge is -2.66. The van der Waals surface area contributed by atoms with Gasteiger partial charge in [-0.1, -0.05) is 79.7 Å². The van der Waals surface area contributed by atoms with E-state index in [0.717, 1.165) is 92.4 Å². The van der Waals surface area contributed by atoms with Crippen LogP contribution in [0.4, 0.5) is 0 Å². The number of hydrogen-bond donors (Lipinski definition) is 6. The predicted molar refractivity (Wildman–Crippen MR) is 242 cm³/mol. The average Bonchev–Trinajstić information content (AvgIpc) is 3.22. The fourth-order valence-electron chi connectivity index (χ4n) is 12.4. The molecule has 0 amide bonds. The minimum absolute atomic E-state index is 0.140. The molecule has 6 aromatic carbocycles. The molecule has 314 valence electrons. The molecule has 4 aliphatic carbocycles. The Bertz CT molecular complexity index is 2630. The standard InChI is InChI=1S/C55H58O6/c1-29-16-37(8-12-46(29)56)50(38-9-13-47(57)30(2)17-38)44-23-42(20-33(5)52(44)60)54-25-36-22-41(27-54)35(7)55(26-36,28-54)43-21-34(6)53(61)45(24-43)51(39-10-14-48(58)31(3)18-39)40-11-15-49(59)32(4)19-40/h8-21,23-24,35-36,41,50-51,56-61H,22,25-28H2,1-7H3. The normalized spacial score (nSPS) is 23.0. The number of hydrogen-bond acceptors (Lipinski definition) is 6. The highest BCUT2D eigenvalue weighted by molar-refractivity contribution is 5.59. The fraction of sp³-hybridized carbons (Fsp3) is 0.345. The zero-order valence-electron chi connectivity index (χ0n) is 36.3. The van der Waals surface area contributed by atoms with Crippen molar-refractivity contribution < 1.29 is 30.6 Å². The summed E-state index contributed by atoms with van der Waals surface area (Å²) in [4.78, 5) is 0. The van der Waals surface area contributed by atoms with Gasteiger partial charge in [0, 0.05) is 23.0 Å². The van der Waals surface area contributed by atoms with Crippen LogP contribution in [-0.4, -0.2) is 30.6 Å². The summed E-state index contributed by atoms with van der Waals surface area (Å²) in [6.45, 7) is 14.0. The molecule has 0 radical (unpaired) electrons. The van der Waals surface area contributed by atoms with E-state index in [1.165, 1.54) is 17.5 Å². The van der Waals surface area contributed by atoms with Crippen LogP contribution in [0.2, 0.25) is 0 Å². The number of phenols is 6. The van der Waals surface area contributed by atoms with Crippen LogP contribution in [0.5, 0.6) is 34.5 Å². The molecule has 4 saturated carbocycles. The Labute approximate surface area is 359 Å². The third kappa shape index (κ3) is 6.61. The topological polar surface area (TPSA) is 121 Å². The fourth-order valence-corrected chi connectivity index (χ4v) is 12.4. The van der Waals surface area contributed by atoms with E-state index < -0.39 is 0 Å². The zero-order valence-corrected chi connectivity index (χ0v) is 36.3. The molecule has 6 aromatic rings. The van der Waals surface area contributed by atoms with E-state index >= 15 is 0 Å². The number of rotatable bonds is 8. The Morgan fingerprint density at radius 1 is 0.459 bits per heavy atom. The van der Waals surface area contributed by atoms with Crippen molar-refractivity contribution in [1.29, 1.82) is 0 Å². The van der Waals surface area contributed by atoms with Gasteiger partial charge in [0.2, 0.25) is 0 Å². The summed E-state index contributed by atoms with van der Waals surface area (Å²) >= 11 is 0. The van der Waals surface area contributed by atoms with Gasteiger partial charge >= 0.3 is 0 Å². The highest BCUT2D eigenvalue weighted by Gasteiger charge is 2.62. The first kappa shape index (κ1) is 40.5. The SMILES string of the molecule is Cc1cc(C(c2ccc(O)c(C)c2)c2cc(C34CC5CC(C3)C(C)C(c3cc(C)c(O)c(C(c6ccc(O)c(C)c6)c6ccc(O)c(C)c6)c3)(C5)C4)cc(C)c2O)ccc1O. The molecule has 61 heavy (non-hydrogen) atoms. The van der Waals surface area contributed by atoms with Crippen molar-refractivity contribution in [3.8, 4) is 34.5 Å². The maximum absolute atomic E-state index is 12.1. The van der Waals surface area contributed by atoms with Crippen LogP contribution < -0.4 is 0 Å². The van der Waals surface area contributed by atoms with Crippen molar-refractivity contribution in [2.75, 3.05) is 0 Å². The van der Waals surface area contributed by atoms with Gasteiger partial charge in [-0.15, -0.1) is 0 Å². The highest BCUT2D eigenvalue weighted by Crippen LogP contribution is 2.69. The molecule has 4 bridgehead atoms. The van der Waals surface area contributed by atoms with Crippen LogP contribution in [0.3, 0.4) is 0 Å². The van der Waals surface area contributed by atoms with Gasteiger partial charge < -0.3 is 30.6 Å². The van der Waals surface area contributed by atoms with E-state index in [0.29, 0.717) is 17.8 Å². The molecule has 4 aliphatic rings. The summed E-state index contributed by atoms with van der Waals surface area (Å²) < 4.78 is 0. The second-order valence-corrected chi connectivity index (χ2v) is 19.4. The number of phenolic OH excluding ortho intramolecular Hbond substituents is 6. The lowest BCUT2D eigenvalue weighted by molar-refractivity contribution is -0.0727. The number of aromatic hydroxyl groups is 6. The lowest BCUT2D eigenvalue weighted by Crippen LogP contribution is -2.60. The van der Waals surface area contributed by atoms with Crippen molar-refractivity contribution in [2.45, 2.75) is 103 Å². The van der Waals surface area contributed by atoms with E-state index in [4.69, 9.17) is 0 Å². The molecule has 5 unspecified atom stereocenters. The molecule has 4 fully saturated rings. The molecule has 10 rings (SSSR count). The van der Waals surface area contributed by atoms with E-state index in [-0.39, 0.29) is 57.2 Å². The van der Waals surface area contributed by atoms with Gasteiger partial charge in [-0.05, 0) is 193 Å². The molecular weight excluding hydrogens is 757 g/mol. The Morgan fingerprint density at radius 2 is 0.852 bits per heavy atom. The maximum atomic E-state index is 12.1. The summed E-state index contributed by atoms with van der Waals surface area (Å²) in [6, 6.07) is 31.7. The average molecular weight is 815 g/mol. The molecular formula is C55H58O6. The molecule has 0 spiro atoms. The van der Waals surface area contributed by atoms with Crippen molar-refractivity contribution in [3.63, 3.8) is 0 Å². The first-order chi connectivity index (χ1) is 29.0. The second-order valence-electron chi connectivity index (χ2n) is 19.4. The van der Waals surface area contributed by atoms with E-state index in [9.17, 15) is 30.6 Å². The van der Waals surface area contributed by atoms with E-state index in [1.807, 2.05) is 90.1 Å². The van der Waals surface area contributed by atoms with Crippen LogP contribution in [-0.2, 0) is 10.8 Å². The van der Waals surface area contributed by atoms with Crippen LogP contribution in [0.1, 0.15) is 129 Å². The quantitative estimate of drug-likeness (QED) is 0.0851. The lowest BCUT2D eigenvalue weighted by atomic mass is 9.38. The van der Waals surface area contributed by atoms with Crippen molar-refractivity contribution in [2.24, 2.45) is 17.8 Å². The number of aryl methyl sites for hydroxylation is 6. The smallest absolute Gasteiger partial charge is 0.122 e. The molecule has 0 heterocycles. The first-order valence-corrected chi connectivity index (χ1v) is 21.8. The van der Waals surface area contributed by atoms with Gasteiger partial charge in [0.15, 0.2) is 0 Å². The third-order valence-electron chi connectivity index (χ3n) is 15.5. The number of benzene rings is 6. The Morgan fingerprint density at radius 3 is 1.26 bits per heavy atom. The molecule has 6 heteroatoms. The monoisotopic (exact) mass is 814 g/mol. The van der Waals surface area contributed by atoms with Gasteiger partial charge in [-0.25, -0.2) is 0 Å². The van der Waals surface area contributed by atoms with Gasteiger partial charge in [-0.2, -0.15) is 0 Å². The van der Waals surface area contributed by atoms with Crippen LogP contribution in [0.15, 0.2) is 97.1 Å². The molecule has 6 N–H and O–H groups in total. The minimum Gasteiger partial charge on any atom is -0.508 e. The van der Waals surface area contributed by atoms with Crippen LogP contribution in [0.25, 0.3) is 0 Å². The third-order valence-corrected chi connectivity index (χ3v) is 15.5. The van der Waals surface area contributed by atoms with Crippen molar-refractivity contribution >= 4 is 0 Å². The van der Waals surface area contributed by atoms with Crippen molar-refractivity contribution in [3.05, 3.63) is 175 Å². The summed E-state index contributed by atoms with van der Waals surface area (Å²) in [7, 11) is 0. The predicted octanol–water partition coefficient (Wildman–Crippen LogP) is 12.2. The Kier molecular flexibility index (Phi) is 9.73. The Hall–Kier alpha value is -5.88. The zero-order chi connectivity index (χ0) is 43.3.